The Bertz CT molecular complexity index is 538. The fraction of sp³-hybridized carbons (Fsp3) is 0.538. The second kappa shape index (κ2) is 5.44. The largest absolute Gasteiger partial charge is 0.383 e. The highest BCUT2D eigenvalue weighted by Gasteiger charge is 2.29. The lowest BCUT2D eigenvalue weighted by molar-refractivity contribution is -0.385. The van der Waals surface area contributed by atoms with Crippen molar-refractivity contribution in [3.8, 4) is 0 Å². The summed E-state index contributed by atoms with van der Waals surface area (Å²) >= 11 is 0. The number of nitro groups is 1. The third-order valence-corrected chi connectivity index (χ3v) is 3.73. The number of hydrogen-bond donors (Lipinski definition) is 2. The van der Waals surface area contributed by atoms with Gasteiger partial charge in [-0.3, -0.25) is 14.9 Å². The van der Waals surface area contributed by atoms with E-state index in [-0.39, 0.29) is 22.6 Å². The van der Waals surface area contributed by atoms with Gasteiger partial charge in [0.1, 0.15) is 12.0 Å². The number of anilines is 1. The van der Waals surface area contributed by atoms with Gasteiger partial charge >= 0.3 is 0 Å². The van der Waals surface area contributed by atoms with Gasteiger partial charge in [-0.25, -0.2) is 4.98 Å². The molecule has 20 heavy (non-hydrogen) atoms. The summed E-state index contributed by atoms with van der Waals surface area (Å²) in [7, 11) is 0. The fourth-order valence-corrected chi connectivity index (χ4v) is 2.54. The number of nitrogens with one attached hydrogen (secondary N) is 1. The molecule has 1 aromatic heterocycles. The monoisotopic (exact) mass is 278 g/mol. The maximum Gasteiger partial charge on any atom is 0.288 e. The van der Waals surface area contributed by atoms with Gasteiger partial charge in [-0.15, -0.1) is 0 Å². The number of carbonyl (C=O) groups excluding carboxylic acids is 1. The summed E-state index contributed by atoms with van der Waals surface area (Å²) in [5, 5.41) is 13.7. The van der Waals surface area contributed by atoms with Gasteiger partial charge in [0.25, 0.3) is 11.6 Å². The first-order valence-corrected chi connectivity index (χ1v) is 6.64. The van der Waals surface area contributed by atoms with Gasteiger partial charge in [-0.2, -0.15) is 0 Å². The van der Waals surface area contributed by atoms with Gasteiger partial charge in [0.2, 0.25) is 0 Å². The Morgan fingerprint density at radius 2 is 2.10 bits per heavy atom. The molecule has 7 nitrogen and oxygen atoms in total. The number of pyridine rings is 1. The SMILES string of the molecule is CC1(NC(=O)c2cc([N+](=O)[O-])cnc2N)CCCCC1. The number of carbonyl (C=O) groups is 1. The van der Waals surface area contributed by atoms with Crippen LogP contribution in [0.3, 0.4) is 0 Å². The molecule has 0 unspecified atom stereocenters. The third-order valence-electron chi connectivity index (χ3n) is 3.73. The maximum atomic E-state index is 12.3. The minimum absolute atomic E-state index is 0.00695. The van der Waals surface area contributed by atoms with Crippen molar-refractivity contribution in [2.75, 3.05) is 5.73 Å². The molecule has 0 aliphatic heterocycles. The molecule has 1 saturated carbocycles. The van der Waals surface area contributed by atoms with Crippen molar-refractivity contribution in [2.24, 2.45) is 0 Å². The molecule has 1 heterocycles. The second-order valence-corrected chi connectivity index (χ2v) is 5.46. The molecule has 7 heteroatoms. The molecule has 1 aliphatic rings. The van der Waals surface area contributed by atoms with Gasteiger partial charge in [0, 0.05) is 11.6 Å². The summed E-state index contributed by atoms with van der Waals surface area (Å²) in [6.45, 7) is 1.99. The average molecular weight is 278 g/mol. The summed E-state index contributed by atoms with van der Waals surface area (Å²) in [4.78, 5) is 26.1. The quantitative estimate of drug-likeness (QED) is 0.649. The molecule has 0 aromatic carbocycles. The van der Waals surface area contributed by atoms with Crippen LogP contribution in [0.1, 0.15) is 49.4 Å². The van der Waals surface area contributed by atoms with E-state index in [2.05, 4.69) is 10.3 Å². The van der Waals surface area contributed by atoms with E-state index < -0.39 is 10.8 Å². The van der Waals surface area contributed by atoms with Crippen molar-refractivity contribution in [2.45, 2.75) is 44.6 Å². The highest BCUT2D eigenvalue weighted by atomic mass is 16.6. The van der Waals surface area contributed by atoms with Crippen LogP contribution in [0.4, 0.5) is 11.5 Å². The Kier molecular flexibility index (Phi) is 3.87. The summed E-state index contributed by atoms with van der Waals surface area (Å²) in [6.07, 6.45) is 6.17. The lowest BCUT2D eigenvalue weighted by atomic mass is 9.83. The first-order chi connectivity index (χ1) is 9.41. The molecule has 0 bridgehead atoms. The first-order valence-electron chi connectivity index (χ1n) is 6.64. The fourth-order valence-electron chi connectivity index (χ4n) is 2.54. The summed E-state index contributed by atoms with van der Waals surface area (Å²) in [5.41, 5.74) is 5.20. The highest BCUT2D eigenvalue weighted by molar-refractivity contribution is 5.99. The summed E-state index contributed by atoms with van der Waals surface area (Å²) in [5.74, 6) is -0.393. The minimum Gasteiger partial charge on any atom is -0.383 e. The molecule has 3 N–H and O–H groups in total. The molecular weight excluding hydrogens is 260 g/mol. The molecule has 0 saturated heterocycles. The van der Waals surface area contributed by atoms with Crippen LogP contribution in [0.2, 0.25) is 0 Å². The number of amides is 1. The molecule has 0 radical (unpaired) electrons. The predicted octanol–water partition coefficient (Wildman–Crippen LogP) is 2.02. The van der Waals surface area contributed by atoms with E-state index in [1.54, 1.807) is 0 Å². The van der Waals surface area contributed by atoms with E-state index in [1.807, 2.05) is 6.92 Å². The van der Waals surface area contributed by atoms with Crippen molar-refractivity contribution >= 4 is 17.4 Å². The van der Waals surface area contributed by atoms with Crippen LogP contribution in [0.25, 0.3) is 0 Å². The molecule has 0 spiro atoms. The van der Waals surface area contributed by atoms with Crippen LogP contribution in [0.15, 0.2) is 12.3 Å². The molecule has 1 amide bonds. The van der Waals surface area contributed by atoms with Gasteiger partial charge in [-0.05, 0) is 19.8 Å². The van der Waals surface area contributed by atoms with E-state index in [0.717, 1.165) is 31.9 Å². The predicted molar refractivity (Wildman–Crippen MR) is 74.3 cm³/mol. The Morgan fingerprint density at radius 3 is 2.70 bits per heavy atom. The number of rotatable bonds is 3. The van der Waals surface area contributed by atoms with Gasteiger partial charge in [-0.1, -0.05) is 19.3 Å². The Balaban J connectivity index is 2.20. The van der Waals surface area contributed by atoms with Crippen LogP contribution in [-0.4, -0.2) is 21.4 Å². The van der Waals surface area contributed by atoms with E-state index in [4.69, 9.17) is 5.73 Å². The van der Waals surface area contributed by atoms with Gasteiger partial charge < -0.3 is 11.1 Å². The molecular formula is C13H18N4O3. The van der Waals surface area contributed by atoms with Gasteiger partial charge in [0.05, 0.1) is 10.5 Å². The first kappa shape index (κ1) is 14.2. The maximum absolute atomic E-state index is 12.3. The number of nitrogen functional groups attached to an aromatic ring is 1. The zero-order chi connectivity index (χ0) is 14.8. The Morgan fingerprint density at radius 1 is 1.45 bits per heavy atom. The van der Waals surface area contributed by atoms with E-state index in [1.165, 1.54) is 12.5 Å². The number of aromatic nitrogens is 1. The summed E-state index contributed by atoms with van der Waals surface area (Å²) < 4.78 is 0. The third kappa shape index (κ3) is 3.04. The van der Waals surface area contributed by atoms with Crippen LogP contribution >= 0.6 is 0 Å². The van der Waals surface area contributed by atoms with Crippen molar-refractivity contribution in [3.63, 3.8) is 0 Å². The van der Waals surface area contributed by atoms with Crippen LogP contribution in [-0.2, 0) is 0 Å². The lowest BCUT2D eigenvalue weighted by Crippen LogP contribution is -2.47. The highest BCUT2D eigenvalue weighted by Crippen LogP contribution is 2.28. The van der Waals surface area contributed by atoms with Gasteiger partial charge in [0.15, 0.2) is 0 Å². The minimum atomic E-state index is -0.592. The van der Waals surface area contributed by atoms with Crippen LogP contribution in [0, 0.1) is 10.1 Å². The molecule has 108 valence electrons. The normalized spacial score (nSPS) is 17.4. The standard InChI is InChI=1S/C13H18N4O3/c1-13(5-3-2-4-6-13)16-12(18)10-7-9(17(19)20)8-15-11(10)14/h7-8H,2-6H2,1H3,(H2,14,15)(H,16,18). The molecule has 1 aliphatic carbocycles. The smallest absolute Gasteiger partial charge is 0.288 e. The molecule has 1 fully saturated rings. The second-order valence-electron chi connectivity index (χ2n) is 5.46. The van der Waals surface area contributed by atoms with Crippen molar-refractivity contribution < 1.29 is 9.72 Å². The number of nitrogens with zero attached hydrogens (tertiary/aromatic N) is 2. The zero-order valence-electron chi connectivity index (χ0n) is 11.4. The Hall–Kier alpha value is -2.18. The zero-order valence-corrected chi connectivity index (χ0v) is 11.4. The van der Waals surface area contributed by atoms with E-state index >= 15 is 0 Å². The average Bonchev–Trinajstić information content (AvgIpc) is 2.39. The van der Waals surface area contributed by atoms with Crippen LogP contribution in [0.5, 0.6) is 0 Å². The molecule has 0 atom stereocenters. The van der Waals surface area contributed by atoms with E-state index in [0.29, 0.717) is 0 Å². The number of hydrogen-bond acceptors (Lipinski definition) is 5. The van der Waals surface area contributed by atoms with Crippen LogP contribution < -0.4 is 11.1 Å². The Labute approximate surface area is 116 Å². The summed E-state index contributed by atoms with van der Waals surface area (Å²) in [6, 6.07) is 1.17. The van der Waals surface area contributed by atoms with E-state index in [9.17, 15) is 14.9 Å². The lowest BCUT2D eigenvalue weighted by Gasteiger charge is -2.34. The molecule has 2 rings (SSSR count). The van der Waals surface area contributed by atoms with Crippen molar-refractivity contribution in [1.29, 1.82) is 0 Å². The molecule has 1 aromatic rings. The van der Waals surface area contributed by atoms with Crippen molar-refractivity contribution in [3.05, 3.63) is 27.9 Å². The number of nitrogens with two attached hydrogens (primary N) is 1. The van der Waals surface area contributed by atoms with Crippen molar-refractivity contribution in [1.82, 2.24) is 10.3 Å². The topological polar surface area (TPSA) is 111 Å².